The zero-order valence-electron chi connectivity index (χ0n) is 11.6. The topological polar surface area (TPSA) is 95.1 Å². The van der Waals surface area contributed by atoms with Crippen LogP contribution < -0.4 is 11.4 Å². The second kappa shape index (κ2) is 5.23. The van der Waals surface area contributed by atoms with Crippen LogP contribution in [0.3, 0.4) is 0 Å². The third-order valence-electron chi connectivity index (χ3n) is 3.99. The van der Waals surface area contributed by atoms with Crippen molar-refractivity contribution in [3.8, 4) is 11.5 Å². The lowest BCUT2D eigenvalue weighted by Crippen LogP contribution is -2.44. The van der Waals surface area contributed by atoms with Gasteiger partial charge in [0.05, 0.1) is 5.54 Å². The second-order valence-corrected chi connectivity index (χ2v) is 5.42. The molecule has 1 saturated carbocycles. The van der Waals surface area contributed by atoms with Gasteiger partial charge in [-0.3, -0.25) is 0 Å². The van der Waals surface area contributed by atoms with Crippen molar-refractivity contribution < 1.29 is 8.94 Å². The molecule has 22 heavy (non-hydrogen) atoms. The molecule has 3 aromatic rings. The van der Waals surface area contributed by atoms with E-state index in [0.717, 1.165) is 24.6 Å². The molecule has 1 aliphatic rings. The van der Waals surface area contributed by atoms with E-state index in [2.05, 4.69) is 10.1 Å². The van der Waals surface area contributed by atoms with Crippen LogP contribution in [0.25, 0.3) is 22.4 Å². The lowest BCUT2D eigenvalue weighted by Gasteiger charge is -2.34. The maximum Gasteiger partial charge on any atom is 0.349 e. The molecule has 0 spiro atoms. The molecule has 2 aromatic heterocycles. The van der Waals surface area contributed by atoms with Crippen molar-refractivity contribution in [3.63, 3.8) is 0 Å². The van der Waals surface area contributed by atoms with Crippen LogP contribution in [0.15, 0.2) is 44.1 Å². The molecular formula is C15H14ClN3O3. The fourth-order valence-corrected chi connectivity index (χ4v) is 2.53. The van der Waals surface area contributed by atoms with Gasteiger partial charge in [-0.15, -0.1) is 12.4 Å². The molecule has 6 nitrogen and oxygen atoms in total. The molecule has 7 heteroatoms. The zero-order chi connectivity index (χ0) is 14.4. The summed E-state index contributed by atoms with van der Waals surface area (Å²) in [5.74, 6) is 0.609. The van der Waals surface area contributed by atoms with Crippen LogP contribution >= 0.6 is 12.4 Å². The van der Waals surface area contributed by atoms with Gasteiger partial charge in [-0.05, 0) is 31.4 Å². The van der Waals surface area contributed by atoms with Crippen molar-refractivity contribution in [2.75, 3.05) is 0 Å². The molecule has 0 amide bonds. The lowest BCUT2D eigenvalue weighted by atomic mass is 9.77. The molecule has 1 aliphatic carbocycles. The van der Waals surface area contributed by atoms with Gasteiger partial charge in [0.15, 0.2) is 5.82 Å². The Hall–Kier alpha value is -2.18. The van der Waals surface area contributed by atoms with E-state index in [0.29, 0.717) is 11.4 Å². The van der Waals surface area contributed by atoms with Crippen molar-refractivity contribution in [2.45, 2.75) is 24.8 Å². The highest BCUT2D eigenvalue weighted by Crippen LogP contribution is 2.37. The molecule has 2 heterocycles. The fraction of sp³-hybridized carbons (Fsp3) is 0.267. The number of rotatable bonds is 2. The van der Waals surface area contributed by atoms with E-state index in [4.69, 9.17) is 14.7 Å². The molecule has 2 N–H and O–H groups in total. The molecule has 1 aromatic carbocycles. The number of hydrogen-bond donors (Lipinski definition) is 1. The number of hydrogen-bond acceptors (Lipinski definition) is 6. The van der Waals surface area contributed by atoms with Crippen molar-refractivity contribution in [2.24, 2.45) is 5.73 Å². The Morgan fingerprint density at radius 3 is 2.73 bits per heavy atom. The Kier molecular flexibility index (Phi) is 3.50. The summed E-state index contributed by atoms with van der Waals surface area (Å²) in [6.45, 7) is 0. The van der Waals surface area contributed by atoms with E-state index in [1.165, 1.54) is 0 Å². The third kappa shape index (κ3) is 2.20. The SMILES string of the molecule is Cl.NC1(c2noc(-c3cc4ccccc4oc3=O)n2)CCC1. The van der Waals surface area contributed by atoms with Crippen LogP contribution in [-0.2, 0) is 5.54 Å². The minimum atomic E-state index is -0.515. The predicted molar refractivity (Wildman–Crippen MR) is 82.7 cm³/mol. The van der Waals surface area contributed by atoms with Gasteiger partial charge in [-0.25, -0.2) is 4.79 Å². The summed E-state index contributed by atoms with van der Waals surface area (Å²) in [5, 5.41) is 4.72. The van der Waals surface area contributed by atoms with E-state index >= 15 is 0 Å². The molecule has 1 fully saturated rings. The zero-order valence-corrected chi connectivity index (χ0v) is 12.4. The van der Waals surface area contributed by atoms with Crippen molar-refractivity contribution in [1.82, 2.24) is 10.1 Å². The van der Waals surface area contributed by atoms with Gasteiger partial charge in [0.1, 0.15) is 11.1 Å². The van der Waals surface area contributed by atoms with E-state index in [9.17, 15) is 4.79 Å². The van der Waals surface area contributed by atoms with Gasteiger partial charge in [-0.2, -0.15) is 4.98 Å². The van der Waals surface area contributed by atoms with Gasteiger partial charge in [0.2, 0.25) is 0 Å². The van der Waals surface area contributed by atoms with Gasteiger partial charge in [0.25, 0.3) is 5.89 Å². The molecule has 0 aliphatic heterocycles. The molecule has 0 atom stereocenters. The molecule has 4 rings (SSSR count). The predicted octanol–water partition coefficient (Wildman–Crippen LogP) is 2.60. The van der Waals surface area contributed by atoms with Crippen molar-refractivity contribution >= 4 is 23.4 Å². The number of halogens is 1. The number of nitrogens with zero attached hydrogens (tertiary/aromatic N) is 2. The first-order valence-electron chi connectivity index (χ1n) is 6.82. The van der Waals surface area contributed by atoms with Crippen LogP contribution in [0.1, 0.15) is 25.1 Å². The third-order valence-corrected chi connectivity index (χ3v) is 3.99. The Morgan fingerprint density at radius 2 is 2.00 bits per heavy atom. The van der Waals surface area contributed by atoms with Crippen LogP contribution in [-0.4, -0.2) is 10.1 Å². The van der Waals surface area contributed by atoms with Gasteiger partial charge < -0.3 is 14.7 Å². The lowest BCUT2D eigenvalue weighted by molar-refractivity contribution is 0.229. The van der Waals surface area contributed by atoms with Gasteiger partial charge in [0, 0.05) is 5.39 Å². The van der Waals surface area contributed by atoms with Crippen molar-refractivity contribution in [1.29, 1.82) is 0 Å². The highest BCUT2D eigenvalue weighted by Gasteiger charge is 2.39. The summed E-state index contributed by atoms with van der Waals surface area (Å²) in [6, 6.07) is 8.97. The number of para-hydroxylation sites is 1. The van der Waals surface area contributed by atoms with Crippen LogP contribution in [0.5, 0.6) is 0 Å². The molecule has 114 valence electrons. The highest BCUT2D eigenvalue weighted by molar-refractivity contribution is 5.85. The van der Waals surface area contributed by atoms with E-state index in [1.807, 2.05) is 18.2 Å². The number of fused-ring (bicyclic) bond motifs is 1. The standard InChI is InChI=1S/C15H13N3O3.ClH/c16-15(6-3-7-15)14-17-12(21-18-14)10-8-9-4-1-2-5-11(9)20-13(10)19;/h1-2,4-5,8H,3,6-7,16H2;1H. The van der Waals surface area contributed by atoms with E-state index < -0.39 is 11.2 Å². The first kappa shape index (κ1) is 14.7. The maximum absolute atomic E-state index is 12.1. The smallest absolute Gasteiger partial charge is 0.349 e. The molecule has 0 bridgehead atoms. The van der Waals surface area contributed by atoms with E-state index in [1.54, 1.807) is 12.1 Å². The van der Waals surface area contributed by atoms with Crippen LogP contribution in [0.4, 0.5) is 0 Å². The van der Waals surface area contributed by atoms with Crippen molar-refractivity contribution in [3.05, 3.63) is 46.6 Å². The molecule has 0 radical (unpaired) electrons. The minimum absolute atomic E-state index is 0. The van der Waals surface area contributed by atoms with Crippen LogP contribution in [0.2, 0.25) is 0 Å². The largest absolute Gasteiger partial charge is 0.422 e. The Labute approximate surface area is 131 Å². The molecule has 0 unspecified atom stereocenters. The first-order valence-corrected chi connectivity index (χ1v) is 6.82. The highest BCUT2D eigenvalue weighted by atomic mass is 35.5. The summed E-state index contributed by atoms with van der Waals surface area (Å²) < 4.78 is 10.5. The Balaban J connectivity index is 0.00000144. The Bertz CT molecular complexity index is 883. The first-order chi connectivity index (χ1) is 10.2. The fourth-order valence-electron chi connectivity index (χ4n) is 2.53. The quantitative estimate of drug-likeness (QED) is 0.729. The average molecular weight is 320 g/mol. The summed E-state index contributed by atoms with van der Waals surface area (Å²) in [6.07, 6.45) is 2.72. The normalized spacial score (nSPS) is 16.0. The van der Waals surface area contributed by atoms with Gasteiger partial charge >= 0.3 is 5.63 Å². The summed E-state index contributed by atoms with van der Waals surface area (Å²) in [7, 11) is 0. The monoisotopic (exact) mass is 319 g/mol. The van der Waals surface area contributed by atoms with Crippen LogP contribution in [0, 0.1) is 0 Å². The average Bonchev–Trinajstić information content (AvgIpc) is 2.94. The van der Waals surface area contributed by atoms with E-state index in [-0.39, 0.29) is 23.9 Å². The Morgan fingerprint density at radius 1 is 1.23 bits per heavy atom. The van der Waals surface area contributed by atoms with Gasteiger partial charge in [-0.1, -0.05) is 23.4 Å². The number of nitrogens with two attached hydrogens (primary N) is 1. The summed E-state index contributed by atoms with van der Waals surface area (Å²) >= 11 is 0. The summed E-state index contributed by atoms with van der Waals surface area (Å²) in [4.78, 5) is 16.3. The molecule has 0 saturated heterocycles. The maximum atomic E-state index is 12.1. The number of aromatic nitrogens is 2. The summed E-state index contributed by atoms with van der Waals surface area (Å²) in [5.41, 5.74) is 5.93. The minimum Gasteiger partial charge on any atom is -0.422 e. The number of benzene rings is 1. The second-order valence-electron chi connectivity index (χ2n) is 5.42. The molecular weight excluding hydrogens is 306 g/mol.